The molecule has 0 spiro atoms. The molecule has 6 nitrogen and oxygen atoms in total. The van der Waals surface area contributed by atoms with E-state index in [1.165, 1.54) is 17.0 Å². The summed E-state index contributed by atoms with van der Waals surface area (Å²) in [7, 11) is 0. The Balaban J connectivity index is 2.06. The SMILES string of the molecule is C=C(/C(F)=C\CO)N1CC(=O)N(Cc2ccc(O)cc2)CC1=O. The van der Waals surface area contributed by atoms with E-state index in [9.17, 15) is 19.1 Å². The van der Waals surface area contributed by atoms with E-state index in [4.69, 9.17) is 5.11 Å². The number of nitrogens with zero attached hydrogens (tertiary/aromatic N) is 2. The van der Waals surface area contributed by atoms with Crippen molar-refractivity contribution in [3.8, 4) is 5.75 Å². The number of hydrogen-bond donors (Lipinski definition) is 2. The lowest BCUT2D eigenvalue weighted by molar-refractivity contribution is -0.148. The van der Waals surface area contributed by atoms with Gasteiger partial charge in [0.15, 0.2) is 0 Å². The Morgan fingerprint density at radius 1 is 1.22 bits per heavy atom. The zero-order chi connectivity index (χ0) is 17.0. The van der Waals surface area contributed by atoms with Crippen LogP contribution in [0, 0.1) is 0 Å². The molecule has 2 N–H and O–H groups in total. The molecule has 0 radical (unpaired) electrons. The molecule has 0 aromatic heterocycles. The topological polar surface area (TPSA) is 81.1 Å². The Bertz CT molecular complexity index is 655. The minimum Gasteiger partial charge on any atom is -0.508 e. The second-order valence-electron chi connectivity index (χ2n) is 5.08. The average Bonchev–Trinajstić information content (AvgIpc) is 2.52. The van der Waals surface area contributed by atoms with Crippen molar-refractivity contribution in [1.29, 1.82) is 0 Å². The van der Waals surface area contributed by atoms with Crippen LogP contribution < -0.4 is 0 Å². The van der Waals surface area contributed by atoms with Crippen LogP contribution in [0.1, 0.15) is 5.56 Å². The molecular weight excluding hydrogens is 303 g/mol. The van der Waals surface area contributed by atoms with Crippen LogP contribution in [0.4, 0.5) is 4.39 Å². The first-order valence-corrected chi connectivity index (χ1v) is 6.94. The van der Waals surface area contributed by atoms with Crippen molar-refractivity contribution >= 4 is 11.8 Å². The number of phenolic OH excluding ortho intramolecular Hbond substituents is 1. The number of piperazine rings is 1. The number of carbonyl (C=O) groups excluding carboxylic acids is 2. The van der Waals surface area contributed by atoms with Gasteiger partial charge in [0.1, 0.15) is 24.7 Å². The van der Waals surface area contributed by atoms with E-state index in [0.29, 0.717) is 0 Å². The van der Waals surface area contributed by atoms with Crippen LogP contribution in [-0.4, -0.2) is 51.5 Å². The summed E-state index contributed by atoms with van der Waals surface area (Å²) in [5.41, 5.74) is 0.532. The first-order valence-electron chi connectivity index (χ1n) is 6.94. The highest BCUT2D eigenvalue weighted by molar-refractivity contribution is 5.93. The molecule has 0 bridgehead atoms. The molecule has 1 aliphatic heterocycles. The van der Waals surface area contributed by atoms with Crippen LogP contribution in [0.25, 0.3) is 0 Å². The van der Waals surface area contributed by atoms with Gasteiger partial charge in [-0.1, -0.05) is 18.7 Å². The summed E-state index contributed by atoms with van der Waals surface area (Å²) in [5.74, 6) is -1.51. The van der Waals surface area contributed by atoms with Gasteiger partial charge in [-0.15, -0.1) is 0 Å². The summed E-state index contributed by atoms with van der Waals surface area (Å²) in [6, 6.07) is 6.30. The van der Waals surface area contributed by atoms with Crippen LogP contribution in [0.3, 0.4) is 0 Å². The number of amides is 2. The molecule has 122 valence electrons. The average molecular weight is 320 g/mol. The van der Waals surface area contributed by atoms with E-state index in [-0.39, 0.29) is 37.0 Å². The summed E-state index contributed by atoms with van der Waals surface area (Å²) >= 11 is 0. The largest absolute Gasteiger partial charge is 0.508 e. The summed E-state index contributed by atoms with van der Waals surface area (Å²) in [6.45, 7) is 2.66. The van der Waals surface area contributed by atoms with Gasteiger partial charge in [-0.05, 0) is 23.8 Å². The Morgan fingerprint density at radius 3 is 2.48 bits per heavy atom. The van der Waals surface area contributed by atoms with Crippen LogP contribution in [0.15, 0.2) is 48.4 Å². The van der Waals surface area contributed by atoms with Crippen molar-refractivity contribution < 1.29 is 24.2 Å². The molecule has 0 atom stereocenters. The van der Waals surface area contributed by atoms with Crippen molar-refractivity contribution in [2.75, 3.05) is 19.7 Å². The van der Waals surface area contributed by atoms with E-state index in [0.717, 1.165) is 16.5 Å². The summed E-state index contributed by atoms with van der Waals surface area (Å²) < 4.78 is 13.6. The number of carbonyl (C=O) groups is 2. The molecule has 1 saturated heterocycles. The van der Waals surface area contributed by atoms with Gasteiger partial charge >= 0.3 is 0 Å². The van der Waals surface area contributed by atoms with Gasteiger partial charge < -0.3 is 15.1 Å². The van der Waals surface area contributed by atoms with Gasteiger partial charge in [-0.3, -0.25) is 14.5 Å². The van der Waals surface area contributed by atoms with Gasteiger partial charge in [-0.2, -0.15) is 0 Å². The predicted molar refractivity (Wildman–Crippen MR) is 80.7 cm³/mol. The minimum absolute atomic E-state index is 0.114. The van der Waals surface area contributed by atoms with Crippen molar-refractivity contribution in [2.45, 2.75) is 6.54 Å². The number of benzene rings is 1. The third-order valence-corrected chi connectivity index (χ3v) is 3.46. The molecule has 0 saturated carbocycles. The molecule has 1 aromatic carbocycles. The fourth-order valence-corrected chi connectivity index (χ4v) is 2.20. The second kappa shape index (κ2) is 7.06. The van der Waals surface area contributed by atoms with Gasteiger partial charge in [-0.25, -0.2) is 4.39 Å². The first-order chi connectivity index (χ1) is 10.9. The lowest BCUT2D eigenvalue weighted by atomic mass is 10.1. The second-order valence-corrected chi connectivity index (χ2v) is 5.08. The number of aromatic hydroxyl groups is 1. The maximum Gasteiger partial charge on any atom is 0.247 e. The maximum atomic E-state index is 13.6. The molecule has 2 amide bonds. The fraction of sp³-hybridized carbons (Fsp3) is 0.250. The van der Waals surface area contributed by atoms with Crippen molar-refractivity contribution in [1.82, 2.24) is 9.80 Å². The highest BCUT2D eigenvalue weighted by atomic mass is 19.1. The third kappa shape index (κ3) is 3.95. The highest BCUT2D eigenvalue weighted by Gasteiger charge is 2.32. The number of rotatable bonds is 5. The summed E-state index contributed by atoms with van der Waals surface area (Å²) in [5, 5.41) is 17.9. The number of aliphatic hydroxyl groups is 1. The van der Waals surface area contributed by atoms with Crippen molar-refractivity contribution in [3.63, 3.8) is 0 Å². The van der Waals surface area contributed by atoms with Crippen molar-refractivity contribution in [2.24, 2.45) is 0 Å². The Morgan fingerprint density at radius 2 is 1.87 bits per heavy atom. The molecule has 0 unspecified atom stereocenters. The van der Waals surface area contributed by atoms with E-state index in [1.807, 2.05) is 0 Å². The van der Waals surface area contributed by atoms with Crippen molar-refractivity contribution in [3.05, 3.63) is 54.0 Å². The number of allylic oxidation sites excluding steroid dienone is 1. The van der Waals surface area contributed by atoms with Crippen LogP contribution in [-0.2, 0) is 16.1 Å². The zero-order valence-corrected chi connectivity index (χ0v) is 12.4. The molecule has 23 heavy (non-hydrogen) atoms. The molecular formula is C16H17FN2O4. The highest BCUT2D eigenvalue weighted by Crippen LogP contribution is 2.20. The summed E-state index contributed by atoms with van der Waals surface area (Å²) in [6.07, 6.45) is 0.878. The molecule has 2 rings (SSSR count). The van der Waals surface area contributed by atoms with Gasteiger partial charge in [0.25, 0.3) is 0 Å². The zero-order valence-electron chi connectivity index (χ0n) is 12.4. The lowest BCUT2D eigenvalue weighted by Crippen LogP contribution is -2.52. The lowest BCUT2D eigenvalue weighted by Gasteiger charge is -2.34. The fourth-order valence-electron chi connectivity index (χ4n) is 2.20. The first kappa shape index (κ1) is 16.7. The van der Waals surface area contributed by atoms with Gasteiger partial charge in [0.05, 0.1) is 12.3 Å². The molecule has 1 aliphatic rings. The molecule has 7 heteroatoms. The number of hydrogen-bond acceptors (Lipinski definition) is 4. The molecule has 1 fully saturated rings. The number of halogens is 1. The van der Waals surface area contributed by atoms with E-state index < -0.39 is 18.3 Å². The molecule has 0 aliphatic carbocycles. The Labute approximate surface area is 132 Å². The number of phenols is 1. The molecule has 1 heterocycles. The van der Waals surface area contributed by atoms with Gasteiger partial charge in [0.2, 0.25) is 11.8 Å². The summed E-state index contributed by atoms with van der Waals surface area (Å²) in [4.78, 5) is 26.6. The van der Waals surface area contributed by atoms with Gasteiger partial charge in [0, 0.05) is 6.54 Å². The van der Waals surface area contributed by atoms with Crippen LogP contribution in [0.2, 0.25) is 0 Å². The monoisotopic (exact) mass is 320 g/mol. The predicted octanol–water partition coefficient (Wildman–Crippen LogP) is 0.922. The number of aliphatic hydroxyl groups excluding tert-OH is 1. The van der Waals surface area contributed by atoms with Crippen LogP contribution in [0.5, 0.6) is 5.75 Å². The smallest absolute Gasteiger partial charge is 0.247 e. The van der Waals surface area contributed by atoms with Crippen LogP contribution >= 0.6 is 0 Å². The quantitative estimate of drug-likeness (QED) is 0.791. The molecule has 1 aromatic rings. The Kier molecular flexibility index (Phi) is 5.13. The standard InChI is InChI=1S/C16H17FN2O4/c1-11(14(17)6-7-20)19-10-15(22)18(9-16(19)23)8-12-2-4-13(21)5-3-12/h2-6,20-21H,1,7-10H2/b14-6+. The third-order valence-electron chi connectivity index (χ3n) is 3.46. The van der Waals surface area contributed by atoms with E-state index in [2.05, 4.69) is 6.58 Å². The Hall–Kier alpha value is -2.67. The van der Waals surface area contributed by atoms with E-state index >= 15 is 0 Å². The maximum absolute atomic E-state index is 13.6. The minimum atomic E-state index is -0.833. The van der Waals surface area contributed by atoms with E-state index in [1.54, 1.807) is 12.1 Å². The normalized spacial score (nSPS) is 16.0.